The second kappa shape index (κ2) is 7.46. The number of benzene rings is 1. The molecule has 1 fully saturated rings. The van der Waals surface area contributed by atoms with Crippen molar-refractivity contribution in [2.45, 2.75) is 18.8 Å². The number of nitrogens with zero attached hydrogens (tertiary/aromatic N) is 1. The van der Waals surface area contributed by atoms with Gasteiger partial charge in [-0.3, -0.25) is 4.79 Å². The number of thioether (sulfide) groups is 1. The molecular weight excluding hydrogens is 419 g/mol. The van der Waals surface area contributed by atoms with E-state index in [-0.39, 0.29) is 35.1 Å². The third kappa shape index (κ3) is 3.31. The Labute approximate surface area is 167 Å². The van der Waals surface area contributed by atoms with Crippen molar-refractivity contribution >= 4 is 35.1 Å². The Kier molecular flexibility index (Phi) is 5.53. The molecule has 1 saturated heterocycles. The minimum Gasteiger partial charge on any atom is -0.462 e. The molecule has 1 N–H and O–H groups in total. The van der Waals surface area contributed by atoms with Crippen LogP contribution < -0.4 is 0 Å². The maximum atomic E-state index is 13.8. The van der Waals surface area contributed by atoms with Gasteiger partial charge >= 0.3 is 12.1 Å². The van der Waals surface area contributed by atoms with Crippen LogP contribution in [0.2, 0.25) is 5.02 Å². The van der Waals surface area contributed by atoms with Gasteiger partial charge in [-0.2, -0.15) is 13.2 Å². The lowest BCUT2D eigenvalue weighted by Gasteiger charge is -2.43. The second-order valence-corrected chi connectivity index (χ2v) is 7.52. The first-order valence-corrected chi connectivity index (χ1v) is 9.61. The number of carbonyl (C=O) groups excluding carboxylic acids is 2. The number of carbonyl (C=O) groups is 2. The van der Waals surface area contributed by atoms with Gasteiger partial charge < -0.3 is 14.7 Å². The molecule has 0 spiro atoms. The summed E-state index contributed by atoms with van der Waals surface area (Å²) in [5, 5.41) is 11.0. The van der Waals surface area contributed by atoms with Gasteiger partial charge in [-0.25, -0.2) is 4.79 Å². The van der Waals surface area contributed by atoms with Crippen LogP contribution in [0.4, 0.5) is 13.2 Å². The van der Waals surface area contributed by atoms with E-state index in [1.807, 2.05) is 0 Å². The highest BCUT2D eigenvalue weighted by atomic mass is 35.5. The van der Waals surface area contributed by atoms with Crippen LogP contribution in [0.15, 0.2) is 46.5 Å². The number of hydrogen-bond donors (Lipinski definition) is 1. The number of ketones is 1. The summed E-state index contributed by atoms with van der Waals surface area (Å²) in [4.78, 5) is 25.8. The zero-order valence-electron chi connectivity index (χ0n) is 14.5. The molecule has 1 aromatic carbocycles. The third-order valence-electron chi connectivity index (χ3n) is 4.33. The number of hydrogen-bond acceptors (Lipinski definition) is 6. The standard InChI is InChI=1S/C18H15ClF3NO4S/c1-2-27-16(25)13-9-12(14(24)10-3-5-11(19)6-4-10)15-23(7-8-28-15)17(13,26)18(20,21)22/h3-6,9,26H,2,7-8H2,1H3. The fraction of sp³-hybridized carbons (Fsp3) is 0.333. The molecule has 28 heavy (non-hydrogen) atoms. The second-order valence-electron chi connectivity index (χ2n) is 6.00. The van der Waals surface area contributed by atoms with Gasteiger partial charge in [0.15, 0.2) is 5.78 Å². The molecular formula is C18H15ClF3NO4S. The highest BCUT2D eigenvalue weighted by Crippen LogP contribution is 2.50. The van der Waals surface area contributed by atoms with Gasteiger partial charge in [0.1, 0.15) is 0 Å². The minimum absolute atomic E-state index is 0.0344. The Morgan fingerprint density at radius 3 is 2.54 bits per heavy atom. The van der Waals surface area contributed by atoms with Crippen molar-refractivity contribution in [3.8, 4) is 0 Å². The highest BCUT2D eigenvalue weighted by molar-refractivity contribution is 8.03. The van der Waals surface area contributed by atoms with Crippen molar-refractivity contribution in [2.75, 3.05) is 18.9 Å². The van der Waals surface area contributed by atoms with Crippen molar-refractivity contribution in [1.82, 2.24) is 4.90 Å². The SMILES string of the molecule is CCOC(=O)C1=CC(C(=O)c2ccc(Cl)cc2)=C2SCCN2C1(O)C(F)(F)F. The molecule has 10 heteroatoms. The maximum absolute atomic E-state index is 13.8. The maximum Gasteiger partial charge on any atom is 0.441 e. The number of halogens is 4. The number of Topliss-reactive ketones (excluding diaryl/α,β-unsaturated/α-hetero) is 1. The predicted molar refractivity (Wildman–Crippen MR) is 97.7 cm³/mol. The first kappa shape index (κ1) is 20.8. The lowest BCUT2D eigenvalue weighted by Crippen LogP contribution is -2.61. The molecule has 1 unspecified atom stereocenters. The Hall–Kier alpha value is -1.97. The Balaban J connectivity index is 2.17. The smallest absolute Gasteiger partial charge is 0.441 e. The fourth-order valence-corrected chi connectivity index (χ4v) is 4.31. The molecule has 1 atom stereocenters. The van der Waals surface area contributed by atoms with Gasteiger partial charge in [0.25, 0.3) is 5.72 Å². The first-order chi connectivity index (χ1) is 13.1. The summed E-state index contributed by atoms with van der Waals surface area (Å²) in [5.74, 6) is -1.70. The van der Waals surface area contributed by atoms with Gasteiger partial charge in [-0.05, 0) is 37.3 Å². The van der Waals surface area contributed by atoms with Gasteiger partial charge in [-0.1, -0.05) is 11.6 Å². The molecule has 2 aliphatic heterocycles. The first-order valence-electron chi connectivity index (χ1n) is 8.24. The van der Waals surface area contributed by atoms with E-state index >= 15 is 0 Å². The Morgan fingerprint density at radius 2 is 1.96 bits per heavy atom. The molecule has 0 radical (unpaired) electrons. The van der Waals surface area contributed by atoms with Crippen LogP contribution in [0.25, 0.3) is 0 Å². The molecule has 1 aromatic rings. The summed E-state index contributed by atoms with van der Waals surface area (Å²) in [6.07, 6.45) is -4.40. The summed E-state index contributed by atoms with van der Waals surface area (Å²) in [6, 6.07) is 5.82. The van der Waals surface area contributed by atoms with Crippen molar-refractivity contribution < 1.29 is 32.6 Å². The van der Waals surface area contributed by atoms with E-state index in [4.69, 9.17) is 16.3 Å². The zero-order chi connectivity index (χ0) is 20.7. The van der Waals surface area contributed by atoms with Crippen LogP contribution in [-0.2, 0) is 9.53 Å². The van der Waals surface area contributed by atoms with Gasteiger partial charge in [0.2, 0.25) is 0 Å². The molecule has 0 aliphatic carbocycles. The van der Waals surface area contributed by atoms with Crippen molar-refractivity contribution in [3.63, 3.8) is 0 Å². The predicted octanol–water partition coefficient (Wildman–Crippen LogP) is 3.54. The largest absolute Gasteiger partial charge is 0.462 e. The van der Waals surface area contributed by atoms with Gasteiger partial charge in [0.05, 0.1) is 22.8 Å². The van der Waals surface area contributed by atoms with E-state index in [9.17, 15) is 27.9 Å². The van der Waals surface area contributed by atoms with Gasteiger partial charge in [-0.15, -0.1) is 11.8 Å². The number of alkyl halides is 3. The Morgan fingerprint density at radius 1 is 1.32 bits per heavy atom. The zero-order valence-corrected chi connectivity index (χ0v) is 16.1. The van der Waals surface area contributed by atoms with Crippen LogP contribution in [0.3, 0.4) is 0 Å². The van der Waals surface area contributed by atoms with E-state index in [0.29, 0.717) is 9.92 Å². The van der Waals surface area contributed by atoms with Crippen LogP contribution in [-0.4, -0.2) is 52.6 Å². The summed E-state index contributed by atoms with van der Waals surface area (Å²) < 4.78 is 46.2. The molecule has 5 nitrogen and oxygen atoms in total. The fourth-order valence-electron chi connectivity index (χ4n) is 3.03. The van der Waals surface area contributed by atoms with E-state index in [0.717, 1.165) is 17.8 Å². The van der Waals surface area contributed by atoms with Crippen molar-refractivity contribution in [2.24, 2.45) is 0 Å². The van der Waals surface area contributed by atoms with Crippen LogP contribution in [0.1, 0.15) is 17.3 Å². The molecule has 0 amide bonds. The third-order valence-corrected chi connectivity index (χ3v) is 5.68. The van der Waals surface area contributed by atoms with Crippen LogP contribution in [0, 0.1) is 0 Å². The monoisotopic (exact) mass is 433 g/mol. The van der Waals surface area contributed by atoms with E-state index in [1.165, 1.54) is 31.2 Å². The average Bonchev–Trinajstić information content (AvgIpc) is 3.12. The van der Waals surface area contributed by atoms with E-state index in [2.05, 4.69) is 0 Å². The summed E-state index contributed by atoms with van der Waals surface area (Å²) in [6.45, 7) is 1.06. The summed E-state index contributed by atoms with van der Waals surface area (Å²) in [7, 11) is 0. The summed E-state index contributed by atoms with van der Waals surface area (Å²) >= 11 is 6.82. The van der Waals surface area contributed by atoms with E-state index in [1.54, 1.807) is 0 Å². The topological polar surface area (TPSA) is 66.8 Å². The number of fused-ring (bicyclic) bond motifs is 1. The molecule has 0 bridgehead atoms. The van der Waals surface area contributed by atoms with Crippen molar-refractivity contribution in [1.29, 1.82) is 0 Å². The molecule has 2 heterocycles. The quantitative estimate of drug-likeness (QED) is 0.578. The number of rotatable bonds is 4. The van der Waals surface area contributed by atoms with Gasteiger partial charge in [0, 0.05) is 22.9 Å². The molecule has 3 rings (SSSR count). The average molecular weight is 434 g/mol. The van der Waals surface area contributed by atoms with Crippen molar-refractivity contribution in [3.05, 3.63) is 57.1 Å². The number of allylic oxidation sites excluding steroid dienone is 2. The number of ether oxygens (including phenoxy) is 1. The highest BCUT2D eigenvalue weighted by Gasteiger charge is 2.65. The molecule has 2 aliphatic rings. The van der Waals surface area contributed by atoms with Crippen LogP contribution >= 0.6 is 23.4 Å². The molecule has 150 valence electrons. The van der Waals surface area contributed by atoms with E-state index < -0.39 is 29.2 Å². The summed E-state index contributed by atoms with van der Waals surface area (Å²) in [5.41, 5.74) is -4.52. The number of esters is 1. The molecule has 0 aromatic heterocycles. The lowest BCUT2D eigenvalue weighted by atomic mass is 9.91. The molecule has 0 saturated carbocycles. The minimum atomic E-state index is -5.18. The Bertz CT molecular complexity index is 882. The van der Waals surface area contributed by atoms with Crippen LogP contribution in [0.5, 0.6) is 0 Å². The normalized spacial score (nSPS) is 22.1. The lowest BCUT2D eigenvalue weighted by molar-refractivity contribution is -0.289. The number of aliphatic hydroxyl groups is 1.